The number of hydrogen-bond donors (Lipinski definition) is 1. The van der Waals surface area contributed by atoms with Crippen LogP contribution < -0.4 is 5.32 Å². The van der Waals surface area contributed by atoms with Crippen molar-refractivity contribution in [3.63, 3.8) is 0 Å². The predicted molar refractivity (Wildman–Crippen MR) is 89.4 cm³/mol. The van der Waals surface area contributed by atoms with E-state index in [2.05, 4.69) is 69.9 Å². The molecule has 1 unspecified atom stereocenters. The highest BCUT2D eigenvalue weighted by molar-refractivity contribution is 5.17. The third-order valence-corrected chi connectivity index (χ3v) is 3.65. The Hall–Kier alpha value is -0.840. The van der Waals surface area contributed by atoms with Gasteiger partial charge in [0, 0.05) is 30.2 Å². The summed E-state index contributed by atoms with van der Waals surface area (Å²) in [7, 11) is 4.24. The molecule has 1 aromatic heterocycles. The molecule has 1 N–H and O–H groups in total. The first-order valence-electron chi connectivity index (χ1n) is 7.92. The maximum Gasteiger partial charge on any atom is 0.122 e. The van der Waals surface area contributed by atoms with Crippen LogP contribution in [0.1, 0.15) is 45.9 Å². The molecule has 0 aromatic carbocycles. The maximum absolute atomic E-state index is 5.72. The first-order valence-corrected chi connectivity index (χ1v) is 7.92. The average Bonchev–Trinajstić information content (AvgIpc) is 2.78. The van der Waals surface area contributed by atoms with E-state index in [1.54, 1.807) is 6.26 Å². The van der Waals surface area contributed by atoms with E-state index in [0.717, 1.165) is 31.9 Å². The summed E-state index contributed by atoms with van der Waals surface area (Å²) >= 11 is 0. The van der Waals surface area contributed by atoms with Crippen LogP contribution >= 0.6 is 0 Å². The first kappa shape index (κ1) is 18.2. The second-order valence-corrected chi connectivity index (χ2v) is 7.15. The van der Waals surface area contributed by atoms with Crippen LogP contribution in [0.5, 0.6) is 0 Å². The van der Waals surface area contributed by atoms with Gasteiger partial charge in [-0.2, -0.15) is 0 Å². The Kier molecular flexibility index (Phi) is 6.91. The largest absolute Gasteiger partial charge is 0.468 e. The molecule has 0 bridgehead atoms. The Labute approximate surface area is 130 Å². The zero-order chi connectivity index (χ0) is 16.0. The van der Waals surface area contributed by atoms with Crippen LogP contribution in [0.15, 0.2) is 16.7 Å². The van der Waals surface area contributed by atoms with Crippen LogP contribution in [0, 0.1) is 0 Å². The number of likely N-dealkylation sites (N-methyl/N-ethyl adjacent to an activating group) is 2. The molecule has 0 aliphatic heterocycles. The van der Waals surface area contributed by atoms with E-state index in [0.29, 0.717) is 6.04 Å². The van der Waals surface area contributed by atoms with E-state index in [-0.39, 0.29) is 5.54 Å². The van der Waals surface area contributed by atoms with Gasteiger partial charge in [0.2, 0.25) is 0 Å². The molecule has 4 heteroatoms. The summed E-state index contributed by atoms with van der Waals surface area (Å²) in [6.45, 7) is 14.9. The number of rotatable bonds is 8. The molecule has 21 heavy (non-hydrogen) atoms. The summed E-state index contributed by atoms with van der Waals surface area (Å²) in [6.07, 6.45) is 1.81. The number of nitrogens with one attached hydrogen (secondary N) is 1. The molecule has 0 saturated heterocycles. The minimum absolute atomic E-state index is 0.122. The number of hydrogen-bond acceptors (Lipinski definition) is 4. The second kappa shape index (κ2) is 7.97. The lowest BCUT2D eigenvalue weighted by Crippen LogP contribution is -2.40. The summed E-state index contributed by atoms with van der Waals surface area (Å²) in [4.78, 5) is 4.69. The van der Waals surface area contributed by atoms with Crippen LogP contribution in [0.25, 0.3) is 0 Å². The molecule has 1 atom stereocenters. The molecule has 1 aromatic rings. The lowest BCUT2D eigenvalue weighted by molar-refractivity contribution is 0.162. The highest BCUT2D eigenvalue weighted by Crippen LogP contribution is 2.16. The monoisotopic (exact) mass is 295 g/mol. The van der Waals surface area contributed by atoms with Gasteiger partial charge in [0.1, 0.15) is 5.76 Å². The molecule has 122 valence electrons. The molecule has 1 rings (SSSR count). The van der Waals surface area contributed by atoms with Crippen LogP contribution in [0.4, 0.5) is 0 Å². The Morgan fingerprint density at radius 2 is 1.95 bits per heavy atom. The lowest BCUT2D eigenvalue weighted by atomic mass is 10.1. The van der Waals surface area contributed by atoms with Gasteiger partial charge in [-0.1, -0.05) is 6.92 Å². The highest BCUT2D eigenvalue weighted by atomic mass is 16.3. The third kappa shape index (κ3) is 6.64. The summed E-state index contributed by atoms with van der Waals surface area (Å²) < 4.78 is 5.72. The summed E-state index contributed by atoms with van der Waals surface area (Å²) in [5.41, 5.74) is 1.39. The molecule has 0 fully saturated rings. The summed E-state index contributed by atoms with van der Waals surface area (Å²) in [5.74, 6) is 1.08. The normalized spacial score (nSPS) is 14.1. The molecule has 0 aliphatic carbocycles. The molecule has 4 nitrogen and oxygen atoms in total. The lowest BCUT2D eigenvalue weighted by Gasteiger charge is -2.29. The van der Waals surface area contributed by atoms with Crippen molar-refractivity contribution in [3.05, 3.63) is 23.7 Å². The van der Waals surface area contributed by atoms with Crippen molar-refractivity contribution in [3.8, 4) is 0 Å². The van der Waals surface area contributed by atoms with Gasteiger partial charge in [-0.15, -0.1) is 0 Å². The second-order valence-electron chi connectivity index (χ2n) is 7.15. The van der Waals surface area contributed by atoms with Gasteiger partial charge >= 0.3 is 0 Å². The molecule has 0 radical (unpaired) electrons. The Bertz CT molecular complexity index is 406. The molecule has 0 aliphatic rings. The van der Waals surface area contributed by atoms with E-state index in [9.17, 15) is 0 Å². The summed E-state index contributed by atoms with van der Waals surface area (Å²) in [5, 5.41) is 3.53. The van der Waals surface area contributed by atoms with E-state index in [1.165, 1.54) is 5.56 Å². The molecular weight excluding hydrogens is 262 g/mol. The van der Waals surface area contributed by atoms with Gasteiger partial charge in [-0.25, -0.2) is 0 Å². The Morgan fingerprint density at radius 3 is 2.48 bits per heavy atom. The van der Waals surface area contributed by atoms with Gasteiger partial charge in [0.25, 0.3) is 0 Å². The van der Waals surface area contributed by atoms with Crippen LogP contribution in [-0.4, -0.2) is 48.6 Å². The van der Waals surface area contributed by atoms with Crippen molar-refractivity contribution >= 4 is 0 Å². The molecular formula is C17H33N3O. The minimum Gasteiger partial charge on any atom is -0.468 e. The van der Waals surface area contributed by atoms with E-state index >= 15 is 0 Å². The van der Waals surface area contributed by atoms with E-state index in [1.807, 2.05) is 0 Å². The third-order valence-electron chi connectivity index (χ3n) is 3.65. The van der Waals surface area contributed by atoms with Crippen LogP contribution in [-0.2, 0) is 13.1 Å². The quantitative estimate of drug-likeness (QED) is 0.799. The van der Waals surface area contributed by atoms with Crippen molar-refractivity contribution in [2.75, 3.05) is 27.2 Å². The van der Waals surface area contributed by atoms with Gasteiger partial charge in [-0.3, -0.25) is 4.90 Å². The van der Waals surface area contributed by atoms with Gasteiger partial charge in [0.05, 0.1) is 12.8 Å². The standard InChI is InChI=1S/C17H33N3O/c1-8-20(14(2)12-19(6)7)13-16-15(9-10-21-16)11-18-17(3,4)5/h9-10,14,18H,8,11-13H2,1-7H3. The fourth-order valence-corrected chi connectivity index (χ4v) is 2.43. The molecule has 0 amide bonds. The van der Waals surface area contributed by atoms with Crippen molar-refractivity contribution < 1.29 is 4.42 Å². The van der Waals surface area contributed by atoms with Gasteiger partial charge < -0.3 is 14.6 Å². The van der Waals surface area contributed by atoms with Crippen molar-refractivity contribution in [2.24, 2.45) is 0 Å². The summed E-state index contributed by atoms with van der Waals surface area (Å²) in [6, 6.07) is 2.59. The fraction of sp³-hybridized carbons (Fsp3) is 0.765. The van der Waals surface area contributed by atoms with E-state index < -0.39 is 0 Å². The smallest absolute Gasteiger partial charge is 0.122 e. The minimum atomic E-state index is 0.122. The van der Waals surface area contributed by atoms with Crippen molar-refractivity contribution in [1.29, 1.82) is 0 Å². The molecule has 1 heterocycles. The first-order chi connectivity index (χ1) is 9.73. The Balaban J connectivity index is 2.66. The SMILES string of the molecule is CCN(Cc1occc1CNC(C)(C)C)C(C)CN(C)C. The predicted octanol–water partition coefficient (Wildman–Crippen LogP) is 2.94. The van der Waals surface area contributed by atoms with E-state index in [4.69, 9.17) is 4.42 Å². The van der Waals surface area contributed by atoms with Gasteiger partial charge in [-0.05, 0) is 54.4 Å². The van der Waals surface area contributed by atoms with Crippen molar-refractivity contribution in [2.45, 2.75) is 59.3 Å². The zero-order valence-corrected chi connectivity index (χ0v) is 14.9. The van der Waals surface area contributed by atoms with Crippen LogP contribution in [0.3, 0.4) is 0 Å². The number of nitrogens with zero attached hydrogens (tertiary/aromatic N) is 2. The fourth-order valence-electron chi connectivity index (χ4n) is 2.43. The molecule has 0 spiro atoms. The van der Waals surface area contributed by atoms with Crippen molar-refractivity contribution in [1.82, 2.24) is 15.1 Å². The van der Waals surface area contributed by atoms with Gasteiger partial charge in [0.15, 0.2) is 0 Å². The Morgan fingerprint density at radius 1 is 1.29 bits per heavy atom. The molecule has 0 saturated carbocycles. The van der Waals surface area contributed by atoms with Crippen LogP contribution in [0.2, 0.25) is 0 Å². The topological polar surface area (TPSA) is 31.7 Å². The maximum atomic E-state index is 5.72. The average molecular weight is 295 g/mol. The highest BCUT2D eigenvalue weighted by Gasteiger charge is 2.18. The zero-order valence-electron chi connectivity index (χ0n) is 14.9. The number of furan rings is 1.